The average molecular weight is 345 g/mol. The van der Waals surface area contributed by atoms with Gasteiger partial charge >= 0.3 is 0 Å². The number of rotatable bonds is 3. The topological polar surface area (TPSA) is 93.4 Å². The molecule has 0 aromatic carbocycles. The number of aryl methyl sites for hydroxylation is 1. The molecule has 0 bridgehead atoms. The molecule has 3 aromatic heterocycles. The van der Waals surface area contributed by atoms with E-state index >= 15 is 0 Å². The third-order valence-corrected chi connectivity index (χ3v) is 4.62. The summed E-state index contributed by atoms with van der Waals surface area (Å²) in [6, 6.07) is 7.41. The first-order chi connectivity index (χ1) is 11.0. The molecule has 0 saturated heterocycles. The lowest BCUT2D eigenvalue weighted by atomic mass is 10.2. The number of nitriles is 1. The van der Waals surface area contributed by atoms with Gasteiger partial charge in [0.1, 0.15) is 17.6 Å². The smallest absolute Gasteiger partial charge is 0.191 e. The highest BCUT2D eigenvalue weighted by Gasteiger charge is 2.15. The van der Waals surface area contributed by atoms with E-state index in [1.807, 2.05) is 42.9 Å². The maximum absolute atomic E-state index is 8.96. The number of aromatic nitrogens is 4. The number of nitrogens with two attached hydrogens (primary N) is 1. The van der Waals surface area contributed by atoms with Gasteiger partial charge in [0.05, 0.1) is 16.5 Å². The van der Waals surface area contributed by atoms with Crippen molar-refractivity contribution in [1.29, 1.82) is 5.26 Å². The predicted molar refractivity (Wildman–Crippen MR) is 91.2 cm³/mol. The summed E-state index contributed by atoms with van der Waals surface area (Å²) in [4.78, 5) is 12.8. The van der Waals surface area contributed by atoms with Gasteiger partial charge in [-0.15, -0.1) is 0 Å². The quantitative estimate of drug-likeness (QED) is 0.445. The molecule has 0 radical (unpaired) electrons. The maximum atomic E-state index is 8.96. The lowest BCUT2D eigenvalue weighted by Crippen LogP contribution is -2.00. The van der Waals surface area contributed by atoms with Crippen molar-refractivity contribution in [2.45, 2.75) is 17.3 Å². The Bertz CT molecular complexity index is 930. The number of anilines is 1. The lowest BCUT2D eigenvalue weighted by molar-refractivity contribution is 0.932. The average Bonchev–Trinajstić information content (AvgIpc) is 2.88. The summed E-state index contributed by atoms with van der Waals surface area (Å²) in [5, 5.41) is 10.9. The lowest BCUT2D eigenvalue weighted by Gasteiger charge is -2.11. The predicted octanol–water partition coefficient (Wildman–Crippen LogP) is 3.32. The van der Waals surface area contributed by atoms with Crippen LogP contribution >= 0.6 is 23.4 Å². The summed E-state index contributed by atoms with van der Waals surface area (Å²) < 4.78 is 1.94. The van der Waals surface area contributed by atoms with Gasteiger partial charge in [-0.1, -0.05) is 23.4 Å². The Kier molecular flexibility index (Phi) is 4.11. The molecule has 0 aliphatic heterocycles. The van der Waals surface area contributed by atoms with Gasteiger partial charge in [0, 0.05) is 24.7 Å². The van der Waals surface area contributed by atoms with E-state index in [2.05, 4.69) is 15.0 Å². The van der Waals surface area contributed by atoms with Gasteiger partial charge in [-0.25, -0.2) is 15.0 Å². The molecular weight excluding hydrogens is 332 g/mol. The first-order valence-corrected chi connectivity index (χ1v) is 8.06. The van der Waals surface area contributed by atoms with Crippen LogP contribution in [0.2, 0.25) is 5.15 Å². The number of thioether (sulfide) groups is 1. The van der Waals surface area contributed by atoms with Crippen molar-refractivity contribution in [3.8, 4) is 6.07 Å². The van der Waals surface area contributed by atoms with Crippen molar-refractivity contribution < 1.29 is 0 Å². The van der Waals surface area contributed by atoms with E-state index in [9.17, 15) is 0 Å². The van der Waals surface area contributed by atoms with Crippen LogP contribution in [0.1, 0.15) is 23.6 Å². The summed E-state index contributed by atoms with van der Waals surface area (Å²) >= 11 is 7.68. The Morgan fingerprint density at radius 1 is 1.35 bits per heavy atom. The Balaban J connectivity index is 1.93. The molecule has 0 aliphatic rings. The minimum absolute atomic E-state index is 0.0366. The van der Waals surface area contributed by atoms with Gasteiger partial charge in [0.2, 0.25) is 0 Å². The molecule has 2 N–H and O–H groups in total. The number of pyridine rings is 1. The van der Waals surface area contributed by atoms with Gasteiger partial charge in [0.15, 0.2) is 10.3 Å². The Morgan fingerprint density at radius 2 is 2.13 bits per heavy atom. The van der Waals surface area contributed by atoms with Crippen molar-refractivity contribution in [3.63, 3.8) is 0 Å². The van der Waals surface area contributed by atoms with Crippen molar-refractivity contribution in [2.75, 3.05) is 5.73 Å². The molecule has 0 spiro atoms. The van der Waals surface area contributed by atoms with Gasteiger partial charge in [0.25, 0.3) is 0 Å². The number of hydrogen-bond donors (Lipinski definition) is 1. The second-order valence-corrected chi connectivity index (χ2v) is 6.70. The van der Waals surface area contributed by atoms with Gasteiger partial charge in [-0.2, -0.15) is 5.26 Å². The minimum Gasteiger partial charge on any atom is -0.384 e. The first-order valence-electron chi connectivity index (χ1n) is 6.80. The zero-order valence-electron chi connectivity index (χ0n) is 12.5. The largest absolute Gasteiger partial charge is 0.384 e. The Labute approximate surface area is 142 Å². The van der Waals surface area contributed by atoms with Crippen LogP contribution in [-0.4, -0.2) is 19.5 Å². The summed E-state index contributed by atoms with van der Waals surface area (Å²) in [6.45, 7) is 1.98. The van der Waals surface area contributed by atoms with Crippen molar-refractivity contribution >= 4 is 40.1 Å². The number of nitrogen functional groups attached to an aromatic ring is 1. The number of halogens is 1. The molecule has 3 aromatic rings. The van der Waals surface area contributed by atoms with Crippen LogP contribution in [0.4, 0.5) is 5.82 Å². The molecule has 6 nitrogen and oxygen atoms in total. The number of hydrogen-bond acceptors (Lipinski definition) is 6. The molecule has 116 valence electrons. The number of fused-ring (bicyclic) bond motifs is 1. The molecule has 0 fully saturated rings. The molecule has 23 heavy (non-hydrogen) atoms. The zero-order valence-corrected chi connectivity index (χ0v) is 14.1. The summed E-state index contributed by atoms with van der Waals surface area (Å²) in [5.41, 5.74) is 7.67. The van der Waals surface area contributed by atoms with E-state index in [1.54, 1.807) is 0 Å². The molecule has 0 aliphatic carbocycles. The van der Waals surface area contributed by atoms with E-state index in [0.717, 1.165) is 16.6 Å². The molecule has 1 unspecified atom stereocenters. The molecule has 0 saturated carbocycles. The zero-order chi connectivity index (χ0) is 16.6. The summed E-state index contributed by atoms with van der Waals surface area (Å²) in [7, 11) is 1.93. The normalized spacial score (nSPS) is 12.3. The van der Waals surface area contributed by atoms with E-state index in [0.29, 0.717) is 10.3 Å². The molecule has 3 heterocycles. The van der Waals surface area contributed by atoms with Crippen LogP contribution in [0.15, 0.2) is 29.6 Å². The standard InChI is InChI=1S/C15H13ClN6S/c1-8(23-15-19-10(7-17)6-12(18)21-15)11-5-9-3-4-22(2)13(9)14(16)20-11/h3-6,8H,1-2H3,(H2,18,19,21). The maximum Gasteiger partial charge on any atom is 0.191 e. The fourth-order valence-corrected chi connectivity index (χ4v) is 3.47. The molecule has 3 rings (SSSR count). The molecule has 1 atom stereocenters. The Hall–Kier alpha value is -2.30. The fourth-order valence-electron chi connectivity index (χ4n) is 2.27. The minimum atomic E-state index is -0.0366. The van der Waals surface area contributed by atoms with Crippen LogP contribution in [-0.2, 0) is 7.05 Å². The third-order valence-electron chi connectivity index (χ3n) is 3.37. The molecule has 8 heteroatoms. The van der Waals surface area contributed by atoms with Crippen molar-refractivity contribution in [2.24, 2.45) is 7.05 Å². The van der Waals surface area contributed by atoms with Crippen LogP contribution < -0.4 is 5.73 Å². The van der Waals surface area contributed by atoms with Gasteiger partial charge in [-0.05, 0) is 19.1 Å². The first kappa shape index (κ1) is 15.6. The third kappa shape index (κ3) is 3.09. The van der Waals surface area contributed by atoms with Crippen LogP contribution in [0, 0.1) is 11.3 Å². The highest BCUT2D eigenvalue weighted by atomic mass is 35.5. The van der Waals surface area contributed by atoms with Crippen LogP contribution in [0.3, 0.4) is 0 Å². The van der Waals surface area contributed by atoms with E-state index in [-0.39, 0.29) is 16.8 Å². The monoisotopic (exact) mass is 344 g/mol. The fraction of sp³-hybridized carbons (Fsp3) is 0.200. The van der Waals surface area contributed by atoms with E-state index in [1.165, 1.54) is 17.8 Å². The van der Waals surface area contributed by atoms with Crippen molar-refractivity contribution in [1.82, 2.24) is 19.5 Å². The number of nitrogens with zero attached hydrogens (tertiary/aromatic N) is 5. The van der Waals surface area contributed by atoms with E-state index in [4.69, 9.17) is 22.6 Å². The van der Waals surface area contributed by atoms with Gasteiger partial charge in [-0.3, -0.25) is 0 Å². The van der Waals surface area contributed by atoms with Gasteiger partial charge < -0.3 is 10.3 Å². The van der Waals surface area contributed by atoms with Crippen molar-refractivity contribution in [3.05, 3.63) is 40.9 Å². The molecule has 0 amide bonds. The summed E-state index contributed by atoms with van der Waals surface area (Å²) in [5.74, 6) is 0.274. The summed E-state index contributed by atoms with van der Waals surface area (Å²) in [6.07, 6.45) is 1.94. The van der Waals surface area contributed by atoms with Crippen LogP contribution in [0.5, 0.6) is 0 Å². The van der Waals surface area contributed by atoms with E-state index < -0.39 is 0 Å². The highest BCUT2D eigenvalue weighted by Crippen LogP contribution is 2.35. The highest BCUT2D eigenvalue weighted by molar-refractivity contribution is 7.99. The second-order valence-electron chi connectivity index (χ2n) is 5.03. The second kappa shape index (κ2) is 6.07. The Morgan fingerprint density at radius 3 is 2.87 bits per heavy atom. The van der Waals surface area contributed by atoms with Crippen LogP contribution in [0.25, 0.3) is 10.9 Å². The SMILES string of the molecule is CC(Sc1nc(N)cc(C#N)n1)c1cc2ccn(C)c2c(Cl)n1. The molecular formula is C15H13ClN6S.